The maximum Gasteiger partial charge on any atom is 0.328 e. The Morgan fingerprint density at radius 3 is 2.60 bits per heavy atom. The monoisotopic (exact) mass is 338 g/mol. The van der Waals surface area contributed by atoms with Crippen LogP contribution in [-0.4, -0.2) is 17.7 Å². The van der Waals surface area contributed by atoms with Crippen LogP contribution in [0.4, 0.5) is 0 Å². The number of hydrogen-bond donors (Lipinski definition) is 1. The molecule has 0 bridgehead atoms. The van der Waals surface area contributed by atoms with Crippen LogP contribution in [0, 0.1) is 0 Å². The van der Waals surface area contributed by atoms with Gasteiger partial charge < -0.3 is 9.84 Å². The van der Waals surface area contributed by atoms with Gasteiger partial charge >= 0.3 is 5.97 Å². The predicted molar refractivity (Wildman–Crippen MR) is 103 cm³/mol. The highest BCUT2D eigenvalue weighted by atomic mass is 16.5. The molecule has 3 nitrogen and oxygen atoms in total. The fourth-order valence-corrected chi connectivity index (χ4v) is 2.57. The predicted octanol–water partition coefficient (Wildman–Crippen LogP) is 5.29. The van der Waals surface area contributed by atoms with Gasteiger partial charge in [0.25, 0.3) is 0 Å². The average Bonchev–Trinajstić information content (AvgIpc) is 2.52. The zero-order valence-electron chi connectivity index (χ0n) is 15.6. The molecule has 1 N–H and O–H groups in total. The lowest BCUT2D eigenvalue weighted by atomic mass is 9.85. The Kier molecular flexibility index (Phi) is 5.68. The van der Waals surface area contributed by atoms with Gasteiger partial charge in [0, 0.05) is 11.6 Å². The summed E-state index contributed by atoms with van der Waals surface area (Å²) in [7, 11) is 0. The van der Waals surface area contributed by atoms with Gasteiger partial charge in [-0.05, 0) is 59.8 Å². The Labute approximate surface area is 150 Å². The Morgan fingerprint density at radius 1 is 1.24 bits per heavy atom. The van der Waals surface area contributed by atoms with E-state index in [2.05, 4.69) is 39.0 Å². The molecule has 0 amide bonds. The van der Waals surface area contributed by atoms with Crippen molar-refractivity contribution < 1.29 is 14.6 Å². The molecule has 0 spiro atoms. The number of aliphatic carboxylic acids is 1. The first-order chi connectivity index (χ1) is 11.7. The summed E-state index contributed by atoms with van der Waals surface area (Å²) >= 11 is 0. The van der Waals surface area contributed by atoms with Crippen molar-refractivity contribution in [1.82, 2.24) is 0 Å². The number of rotatable bonds is 4. The summed E-state index contributed by atoms with van der Waals surface area (Å²) in [4.78, 5) is 10.6. The van der Waals surface area contributed by atoms with Gasteiger partial charge in [-0.2, -0.15) is 0 Å². The fraction of sp³-hybridized carbons (Fsp3) is 0.318. The Morgan fingerprint density at radius 2 is 1.96 bits per heavy atom. The van der Waals surface area contributed by atoms with Crippen LogP contribution in [0.5, 0.6) is 5.75 Å². The molecule has 25 heavy (non-hydrogen) atoms. The Hall–Kier alpha value is -2.55. The molecule has 0 unspecified atom stereocenters. The number of ether oxygens (including phenoxy) is 1. The molecule has 0 atom stereocenters. The second-order valence-corrected chi connectivity index (χ2v) is 7.40. The highest BCUT2D eigenvalue weighted by molar-refractivity contribution is 5.81. The maximum absolute atomic E-state index is 10.6. The van der Waals surface area contributed by atoms with Crippen LogP contribution in [0.15, 0.2) is 59.2 Å². The molecular formula is C22H26O3. The lowest BCUT2D eigenvalue weighted by molar-refractivity contribution is -0.131. The third-order valence-corrected chi connectivity index (χ3v) is 4.15. The lowest BCUT2D eigenvalue weighted by Crippen LogP contribution is -2.13. The van der Waals surface area contributed by atoms with E-state index in [0.717, 1.165) is 22.5 Å². The minimum atomic E-state index is -0.933. The molecule has 1 aliphatic heterocycles. The zero-order valence-corrected chi connectivity index (χ0v) is 15.6. The van der Waals surface area contributed by atoms with Gasteiger partial charge in [0.2, 0.25) is 0 Å². The van der Waals surface area contributed by atoms with E-state index < -0.39 is 5.97 Å². The minimum absolute atomic E-state index is 0.0993. The molecule has 132 valence electrons. The van der Waals surface area contributed by atoms with Crippen LogP contribution in [0.3, 0.4) is 0 Å². The van der Waals surface area contributed by atoms with E-state index in [0.29, 0.717) is 12.2 Å². The van der Waals surface area contributed by atoms with Gasteiger partial charge in [-0.15, -0.1) is 0 Å². The van der Waals surface area contributed by atoms with Crippen molar-refractivity contribution in [3.63, 3.8) is 0 Å². The van der Waals surface area contributed by atoms with E-state index in [9.17, 15) is 4.79 Å². The van der Waals surface area contributed by atoms with Gasteiger partial charge in [-0.25, -0.2) is 4.79 Å². The van der Waals surface area contributed by atoms with E-state index >= 15 is 0 Å². The van der Waals surface area contributed by atoms with E-state index in [4.69, 9.17) is 9.84 Å². The molecule has 2 rings (SSSR count). The molecule has 1 aliphatic rings. The van der Waals surface area contributed by atoms with Gasteiger partial charge in [0.15, 0.2) is 0 Å². The van der Waals surface area contributed by atoms with E-state index in [1.165, 1.54) is 11.6 Å². The van der Waals surface area contributed by atoms with E-state index in [1.54, 1.807) is 13.0 Å². The summed E-state index contributed by atoms with van der Waals surface area (Å²) in [6.45, 7) is 10.9. The van der Waals surface area contributed by atoms with Crippen molar-refractivity contribution in [2.45, 2.75) is 40.0 Å². The number of benzene rings is 1. The van der Waals surface area contributed by atoms with Crippen LogP contribution >= 0.6 is 0 Å². The number of carboxylic acids is 1. The topological polar surface area (TPSA) is 46.5 Å². The quantitative estimate of drug-likeness (QED) is 0.599. The van der Waals surface area contributed by atoms with E-state index in [1.807, 2.05) is 25.1 Å². The van der Waals surface area contributed by atoms with Crippen molar-refractivity contribution >= 4 is 12.0 Å². The largest absolute Gasteiger partial charge is 0.488 e. The van der Waals surface area contributed by atoms with Crippen LogP contribution in [0.1, 0.15) is 45.7 Å². The van der Waals surface area contributed by atoms with Crippen LogP contribution in [-0.2, 0) is 10.2 Å². The fourth-order valence-electron chi connectivity index (χ4n) is 2.57. The van der Waals surface area contributed by atoms with Gasteiger partial charge in [0.05, 0.1) is 0 Å². The molecule has 0 radical (unpaired) electrons. The molecule has 1 aromatic carbocycles. The normalized spacial score (nSPS) is 15.6. The minimum Gasteiger partial charge on any atom is -0.488 e. The maximum atomic E-state index is 10.6. The molecule has 3 heteroatoms. The van der Waals surface area contributed by atoms with Crippen LogP contribution < -0.4 is 4.74 Å². The second-order valence-electron chi connectivity index (χ2n) is 7.40. The molecule has 0 fully saturated rings. The number of carboxylic acid groups (broad SMARTS) is 1. The number of allylic oxidation sites excluding steroid dienone is 4. The van der Waals surface area contributed by atoms with E-state index in [-0.39, 0.29) is 5.41 Å². The summed E-state index contributed by atoms with van der Waals surface area (Å²) in [5, 5.41) is 8.72. The smallest absolute Gasteiger partial charge is 0.328 e. The zero-order chi connectivity index (χ0) is 18.6. The molecule has 0 aromatic heterocycles. The molecule has 1 heterocycles. The first-order valence-corrected chi connectivity index (χ1v) is 8.41. The summed E-state index contributed by atoms with van der Waals surface area (Å²) in [5.74, 6) is -0.0159. The van der Waals surface area contributed by atoms with Crippen molar-refractivity contribution in [3.8, 4) is 5.75 Å². The SMILES string of the molecule is CC(C=CC=C(C)C1=Cc2cc(C(C)(C)C)ccc2OC1)=CC(=O)O. The lowest BCUT2D eigenvalue weighted by Gasteiger charge is -2.23. The number of carbonyl (C=O) groups is 1. The molecule has 0 saturated carbocycles. The van der Waals surface area contributed by atoms with Crippen LogP contribution in [0.25, 0.3) is 6.08 Å². The molecular weight excluding hydrogens is 312 g/mol. The van der Waals surface area contributed by atoms with Crippen molar-refractivity contribution in [2.75, 3.05) is 6.61 Å². The van der Waals surface area contributed by atoms with Gasteiger partial charge in [0.1, 0.15) is 12.4 Å². The van der Waals surface area contributed by atoms with Gasteiger partial charge in [-0.3, -0.25) is 0 Å². The van der Waals surface area contributed by atoms with Crippen LogP contribution in [0.2, 0.25) is 0 Å². The second kappa shape index (κ2) is 7.56. The molecule has 1 aromatic rings. The summed E-state index contributed by atoms with van der Waals surface area (Å²) < 4.78 is 5.88. The van der Waals surface area contributed by atoms with Crippen molar-refractivity contribution in [3.05, 3.63) is 70.3 Å². The summed E-state index contributed by atoms with van der Waals surface area (Å²) in [6, 6.07) is 6.36. The summed E-state index contributed by atoms with van der Waals surface area (Å²) in [5.41, 5.74) is 5.41. The molecule has 0 saturated heterocycles. The third kappa shape index (κ3) is 5.21. The number of fused-ring (bicyclic) bond motifs is 1. The first kappa shape index (κ1) is 18.8. The highest BCUT2D eigenvalue weighted by Crippen LogP contribution is 2.33. The Bertz CT molecular complexity index is 784. The van der Waals surface area contributed by atoms with Crippen molar-refractivity contribution in [2.24, 2.45) is 0 Å². The average molecular weight is 338 g/mol. The van der Waals surface area contributed by atoms with Crippen molar-refractivity contribution in [1.29, 1.82) is 0 Å². The highest BCUT2D eigenvalue weighted by Gasteiger charge is 2.18. The standard InChI is InChI=1S/C22H26O3/c1-15(11-21(23)24)7-6-8-16(2)18-12-17-13-19(22(3,4)5)9-10-20(17)25-14-18/h6-13H,14H2,1-5H3,(H,23,24). The summed E-state index contributed by atoms with van der Waals surface area (Å²) in [6.07, 6.45) is 8.99. The first-order valence-electron chi connectivity index (χ1n) is 8.41. The third-order valence-electron chi connectivity index (χ3n) is 4.15. The Balaban J connectivity index is 2.24. The van der Waals surface area contributed by atoms with Gasteiger partial charge in [-0.1, -0.05) is 45.1 Å². The molecule has 0 aliphatic carbocycles. The number of hydrogen-bond acceptors (Lipinski definition) is 2.